The van der Waals surface area contributed by atoms with Gasteiger partial charge in [-0.05, 0) is 31.1 Å². The monoisotopic (exact) mass is 319 g/mol. The zero-order valence-corrected chi connectivity index (χ0v) is 13.7. The van der Waals surface area contributed by atoms with Crippen LogP contribution in [0.5, 0.6) is 0 Å². The molecule has 0 radical (unpaired) electrons. The first-order valence-electron chi connectivity index (χ1n) is 7.62. The quantitative estimate of drug-likeness (QED) is 0.619. The molecule has 0 heterocycles. The predicted octanol–water partition coefficient (Wildman–Crippen LogP) is 3.81. The number of nitrogens with zero attached hydrogens (tertiary/aromatic N) is 1. The summed E-state index contributed by atoms with van der Waals surface area (Å²) < 4.78 is 0. The highest BCUT2D eigenvalue weighted by molar-refractivity contribution is 9.09. The lowest BCUT2D eigenvalue weighted by Crippen LogP contribution is -2.48. The molecule has 1 saturated carbocycles. The van der Waals surface area contributed by atoms with E-state index < -0.39 is 0 Å². The summed E-state index contributed by atoms with van der Waals surface area (Å²) in [5.74, 6) is 0. The molecule has 0 aromatic rings. The van der Waals surface area contributed by atoms with E-state index in [-0.39, 0.29) is 0 Å². The third-order valence-electron chi connectivity index (χ3n) is 4.36. The minimum atomic E-state index is 0.299. The Labute approximate surface area is 121 Å². The third kappa shape index (κ3) is 4.50. The van der Waals surface area contributed by atoms with Crippen LogP contribution in [0.2, 0.25) is 0 Å². The summed E-state index contributed by atoms with van der Waals surface area (Å²) in [6.07, 6.45) is 9.12. The predicted molar refractivity (Wildman–Crippen MR) is 82.3 cm³/mol. The number of hydrogen-bond donors (Lipinski definition) is 1. The van der Waals surface area contributed by atoms with Gasteiger partial charge in [0.15, 0.2) is 0 Å². The molecule has 3 heteroatoms. The Balaban J connectivity index is 2.64. The summed E-state index contributed by atoms with van der Waals surface area (Å²) in [7, 11) is 0. The van der Waals surface area contributed by atoms with E-state index in [2.05, 4.69) is 34.7 Å². The zero-order chi connectivity index (χ0) is 13.4. The van der Waals surface area contributed by atoms with Crippen molar-refractivity contribution < 1.29 is 5.11 Å². The standard InChI is InChI=1S/C15H30BrNO/c1-3-8-15(12-16,9-4-2)13-17(10-11-18)14-6-5-7-14/h14,18H,3-13H2,1-2H3. The van der Waals surface area contributed by atoms with Crippen molar-refractivity contribution in [3.8, 4) is 0 Å². The van der Waals surface area contributed by atoms with Gasteiger partial charge in [-0.25, -0.2) is 0 Å². The van der Waals surface area contributed by atoms with Crippen LogP contribution in [0.15, 0.2) is 0 Å². The van der Waals surface area contributed by atoms with Gasteiger partial charge in [-0.1, -0.05) is 49.0 Å². The average molecular weight is 320 g/mol. The lowest BCUT2D eigenvalue weighted by molar-refractivity contribution is 0.0534. The van der Waals surface area contributed by atoms with Gasteiger partial charge in [-0.3, -0.25) is 4.90 Å². The highest BCUT2D eigenvalue weighted by atomic mass is 79.9. The summed E-state index contributed by atoms with van der Waals surface area (Å²) in [5, 5.41) is 10.4. The average Bonchev–Trinajstić information content (AvgIpc) is 2.27. The molecule has 0 spiro atoms. The molecule has 0 atom stereocenters. The van der Waals surface area contributed by atoms with Crippen molar-refractivity contribution in [1.82, 2.24) is 4.90 Å². The summed E-state index contributed by atoms with van der Waals surface area (Å²) in [5.41, 5.74) is 0.411. The Morgan fingerprint density at radius 1 is 1.22 bits per heavy atom. The number of aliphatic hydroxyl groups excluding tert-OH is 1. The molecule has 0 aromatic carbocycles. The molecule has 1 fully saturated rings. The van der Waals surface area contributed by atoms with Gasteiger partial charge in [0.1, 0.15) is 0 Å². The van der Waals surface area contributed by atoms with Gasteiger partial charge in [0.2, 0.25) is 0 Å². The van der Waals surface area contributed by atoms with Gasteiger partial charge in [0.05, 0.1) is 6.61 Å². The molecular formula is C15H30BrNO. The van der Waals surface area contributed by atoms with Crippen LogP contribution in [0.25, 0.3) is 0 Å². The van der Waals surface area contributed by atoms with Crippen LogP contribution in [-0.4, -0.2) is 41.1 Å². The fraction of sp³-hybridized carbons (Fsp3) is 1.00. The fourth-order valence-corrected chi connectivity index (χ4v) is 3.96. The maximum atomic E-state index is 9.28. The normalized spacial score (nSPS) is 17.2. The Morgan fingerprint density at radius 2 is 1.83 bits per heavy atom. The maximum absolute atomic E-state index is 9.28. The molecule has 0 aromatic heterocycles. The largest absolute Gasteiger partial charge is 0.395 e. The molecular weight excluding hydrogens is 290 g/mol. The molecule has 2 nitrogen and oxygen atoms in total. The molecule has 0 saturated heterocycles. The zero-order valence-electron chi connectivity index (χ0n) is 12.1. The van der Waals surface area contributed by atoms with E-state index in [1.807, 2.05) is 0 Å². The van der Waals surface area contributed by atoms with Crippen molar-refractivity contribution in [2.24, 2.45) is 5.41 Å². The lowest BCUT2D eigenvalue weighted by Gasteiger charge is -2.44. The van der Waals surface area contributed by atoms with Crippen LogP contribution in [-0.2, 0) is 0 Å². The highest BCUT2D eigenvalue weighted by Gasteiger charge is 2.33. The maximum Gasteiger partial charge on any atom is 0.0558 e. The van der Waals surface area contributed by atoms with Crippen molar-refractivity contribution in [3.05, 3.63) is 0 Å². The van der Waals surface area contributed by atoms with E-state index in [1.165, 1.54) is 44.9 Å². The fourth-order valence-electron chi connectivity index (χ4n) is 3.22. The van der Waals surface area contributed by atoms with E-state index in [0.29, 0.717) is 12.0 Å². The van der Waals surface area contributed by atoms with Crippen molar-refractivity contribution in [2.75, 3.05) is 25.0 Å². The van der Waals surface area contributed by atoms with Gasteiger partial charge >= 0.3 is 0 Å². The topological polar surface area (TPSA) is 23.5 Å². The van der Waals surface area contributed by atoms with Gasteiger partial charge in [0.25, 0.3) is 0 Å². The molecule has 1 rings (SSSR count). The minimum Gasteiger partial charge on any atom is -0.395 e. The van der Waals surface area contributed by atoms with E-state index in [1.54, 1.807) is 0 Å². The van der Waals surface area contributed by atoms with E-state index in [9.17, 15) is 5.11 Å². The number of aliphatic hydroxyl groups is 1. The Morgan fingerprint density at radius 3 is 2.17 bits per heavy atom. The van der Waals surface area contributed by atoms with Crippen LogP contribution in [0, 0.1) is 5.41 Å². The second kappa shape index (κ2) is 8.55. The first-order chi connectivity index (χ1) is 8.71. The Kier molecular flexibility index (Phi) is 7.81. The van der Waals surface area contributed by atoms with Crippen molar-refractivity contribution in [1.29, 1.82) is 0 Å². The smallest absolute Gasteiger partial charge is 0.0558 e. The van der Waals surface area contributed by atoms with Crippen LogP contribution >= 0.6 is 15.9 Å². The van der Waals surface area contributed by atoms with E-state index >= 15 is 0 Å². The van der Waals surface area contributed by atoms with E-state index in [4.69, 9.17) is 0 Å². The second-order valence-corrected chi connectivity index (χ2v) is 6.47. The van der Waals surface area contributed by atoms with Gasteiger partial charge in [0, 0.05) is 24.5 Å². The molecule has 0 unspecified atom stereocenters. The molecule has 0 amide bonds. The SMILES string of the molecule is CCCC(CBr)(CCC)CN(CCO)C1CCC1. The van der Waals surface area contributed by atoms with Crippen molar-refractivity contribution in [2.45, 2.75) is 64.8 Å². The minimum absolute atomic E-state index is 0.299. The molecule has 1 aliphatic carbocycles. The highest BCUT2D eigenvalue weighted by Crippen LogP contribution is 2.36. The lowest BCUT2D eigenvalue weighted by atomic mass is 9.79. The third-order valence-corrected chi connectivity index (χ3v) is 5.55. The van der Waals surface area contributed by atoms with Gasteiger partial charge < -0.3 is 5.11 Å². The summed E-state index contributed by atoms with van der Waals surface area (Å²) >= 11 is 3.75. The summed E-state index contributed by atoms with van der Waals surface area (Å²) in [6.45, 7) is 6.88. The molecule has 0 bridgehead atoms. The van der Waals surface area contributed by atoms with Gasteiger partial charge in [-0.2, -0.15) is 0 Å². The number of halogens is 1. The molecule has 108 valence electrons. The van der Waals surface area contributed by atoms with E-state index in [0.717, 1.165) is 24.5 Å². The summed E-state index contributed by atoms with van der Waals surface area (Å²) in [6, 6.07) is 0.740. The molecule has 0 aliphatic heterocycles. The van der Waals surface area contributed by atoms with Crippen LogP contribution < -0.4 is 0 Å². The number of alkyl halides is 1. The second-order valence-electron chi connectivity index (χ2n) is 5.91. The van der Waals surface area contributed by atoms with Crippen molar-refractivity contribution in [3.63, 3.8) is 0 Å². The first-order valence-corrected chi connectivity index (χ1v) is 8.74. The van der Waals surface area contributed by atoms with Crippen LogP contribution in [0.3, 0.4) is 0 Å². The first kappa shape index (κ1) is 16.5. The molecule has 18 heavy (non-hydrogen) atoms. The van der Waals surface area contributed by atoms with Gasteiger partial charge in [-0.15, -0.1) is 0 Å². The molecule has 1 aliphatic rings. The van der Waals surface area contributed by atoms with Crippen LogP contribution in [0.1, 0.15) is 58.8 Å². The molecule has 1 N–H and O–H groups in total. The Bertz CT molecular complexity index is 213. The van der Waals surface area contributed by atoms with Crippen molar-refractivity contribution >= 4 is 15.9 Å². The Hall–Kier alpha value is 0.400. The number of rotatable bonds is 10. The summed E-state index contributed by atoms with van der Waals surface area (Å²) in [4.78, 5) is 2.55. The number of hydrogen-bond acceptors (Lipinski definition) is 2. The van der Waals surface area contributed by atoms with Crippen LogP contribution in [0.4, 0.5) is 0 Å².